The zero-order chi connectivity index (χ0) is 10.2. The van der Waals surface area contributed by atoms with Crippen LogP contribution in [0.25, 0.3) is 0 Å². The minimum atomic E-state index is 0.483. The fourth-order valence-electron chi connectivity index (χ4n) is 1.38. The summed E-state index contributed by atoms with van der Waals surface area (Å²) in [6.45, 7) is 6.86. The lowest BCUT2D eigenvalue weighted by Gasteiger charge is -2.17. The van der Waals surface area contributed by atoms with E-state index in [0.29, 0.717) is 11.8 Å². The Balaban J connectivity index is 3.04. The molecule has 0 spiro atoms. The molecule has 0 amide bonds. The Bertz CT molecular complexity index is 122. The summed E-state index contributed by atoms with van der Waals surface area (Å²) >= 11 is 0. The number of rotatable bonds is 7. The lowest BCUT2D eigenvalue weighted by Crippen LogP contribution is -2.03. The summed E-state index contributed by atoms with van der Waals surface area (Å²) < 4.78 is 0. The van der Waals surface area contributed by atoms with Crippen LogP contribution in [0.2, 0.25) is 0 Å². The second-order valence-electron chi connectivity index (χ2n) is 4.97. The molecule has 1 radical (unpaired) electrons. The summed E-state index contributed by atoms with van der Waals surface area (Å²) in [6.07, 6.45) is 10.0. The van der Waals surface area contributed by atoms with Crippen molar-refractivity contribution in [3.63, 3.8) is 0 Å². The van der Waals surface area contributed by atoms with E-state index in [9.17, 15) is 4.79 Å². The maximum Gasteiger partial charge on any atom is 0.198 e. The molecule has 0 aromatic heterocycles. The predicted molar refractivity (Wildman–Crippen MR) is 57.5 cm³/mol. The molecule has 0 aliphatic carbocycles. The van der Waals surface area contributed by atoms with Gasteiger partial charge in [0.05, 0.1) is 0 Å². The largest absolute Gasteiger partial charge is 0.291 e. The molecule has 0 saturated heterocycles. The maximum atomic E-state index is 9.90. The maximum absolute atomic E-state index is 9.90. The molecule has 0 aliphatic heterocycles. The minimum absolute atomic E-state index is 0.483. The molecule has 0 N–H and O–H groups in total. The van der Waals surface area contributed by atoms with Crippen LogP contribution in [-0.4, -0.2) is 6.29 Å². The van der Waals surface area contributed by atoms with Crippen molar-refractivity contribution in [3.05, 3.63) is 0 Å². The molecule has 0 aromatic rings. The van der Waals surface area contributed by atoms with Crippen molar-refractivity contribution >= 4 is 6.29 Å². The summed E-state index contributed by atoms with van der Waals surface area (Å²) in [6, 6.07) is 0. The predicted octanol–water partition coefficient (Wildman–Crippen LogP) is 3.87. The molecular weight excluding hydrogens is 160 g/mol. The summed E-state index contributed by atoms with van der Waals surface area (Å²) in [5.74, 6) is 0. The van der Waals surface area contributed by atoms with E-state index in [1.54, 1.807) is 0 Å². The smallest absolute Gasteiger partial charge is 0.198 e. The van der Waals surface area contributed by atoms with Crippen LogP contribution in [0.15, 0.2) is 0 Å². The van der Waals surface area contributed by atoms with E-state index in [2.05, 4.69) is 20.8 Å². The van der Waals surface area contributed by atoms with Gasteiger partial charge in [-0.15, -0.1) is 0 Å². The normalized spacial score (nSPS) is 11.6. The van der Waals surface area contributed by atoms with Crippen LogP contribution in [0.3, 0.4) is 0 Å². The van der Waals surface area contributed by atoms with Crippen LogP contribution in [0.1, 0.15) is 65.7 Å². The van der Waals surface area contributed by atoms with E-state index in [1.165, 1.54) is 32.1 Å². The zero-order valence-corrected chi connectivity index (χ0v) is 9.36. The first kappa shape index (κ1) is 12.7. The lowest BCUT2D eigenvalue weighted by molar-refractivity contribution is 0.357. The van der Waals surface area contributed by atoms with Gasteiger partial charge in [-0.25, -0.2) is 0 Å². The molecule has 77 valence electrons. The first-order valence-corrected chi connectivity index (χ1v) is 5.41. The first-order chi connectivity index (χ1) is 6.06. The van der Waals surface area contributed by atoms with Gasteiger partial charge in [-0.05, 0) is 18.3 Å². The Hall–Kier alpha value is -0.330. The van der Waals surface area contributed by atoms with E-state index in [4.69, 9.17) is 0 Å². The molecular formula is C12H23O. The highest BCUT2D eigenvalue weighted by molar-refractivity contribution is 5.50. The second-order valence-corrected chi connectivity index (χ2v) is 4.97. The van der Waals surface area contributed by atoms with Crippen molar-refractivity contribution in [1.82, 2.24) is 0 Å². The number of hydrogen-bond acceptors (Lipinski definition) is 1. The van der Waals surface area contributed by atoms with Crippen molar-refractivity contribution in [3.8, 4) is 0 Å². The van der Waals surface area contributed by atoms with E-state index >= 15 is 0 Å². The number of hydrogen-bond donors (Lipinski definition) is 0. The molecule has 0 atom stereocenters. The zero-order valence-electron chi connectivity index (χ0n) is 9.36. The van der Waals surface area contributed by atoms with Crippen molar-refractivity contribution in [2.45, 2.75) is 65.7 Å². The lowest BCUT2D eigenvalue weighted by atomic mass is 9.89. The van der Waals surface area contributed by atoms with Crippen LogP contribution in [0.5, 0.6) is 0 Å². The fraction of sp³-hybridized carbons (Fsp3) is 0.917. The third kappa shape index (κ3) is 11.7. The summed E-state index contributed by atoms with van der Waals surface area (Å²) in [7, 11) is 0. The Kier molecular flexibility index (Phi) is 6.93. The van der Waals surface area contributed by atoms with Crippen LogP contribution >= 0.6 is 0 Å². The summed E-state index contributed by atoms with van der Waals surface area (Å²) in [5.41, 5.74) is 0.483. The minimum Gasteiger partial charge on any atom is -0.291 e. The summed E-state index contributed by atoms with van der Waals surface area (Å²) in [4.78, 5) is 9.90. The molecule has 0 saturated carbocycles. The molecule has 0 aliphatic rings. The van der Waals surface area contributed by atoms with Crippen LogP contribution in [-0.2, 0) is 4.79 Å². The van der Waals surface area contributed by atoms with Crippen molar-refractivity contribution in [2.75, 3.05) is 0 Å². The molecule has 1 heteroatoms. The topological polar surface area (TPSA) is 17.1 Å². The van der Waals surface area contributed by atoms with E-state index in [1.807, 2.05) is 6.29 Å². The average molecular weight is 183 g/mol. The van der Waals surface area contributed by atoms with E-state index < -0.39 is 0 Å². The van der Waals surface area contributed by atoms with Gasteiger partial charge in [0.1, 0.15) is 0 Å². The highest BCUT2D eigenvalue weighted by Crippen LogP contribution is 2.22. The molecule has 0 bridgehead atoms. The van der Waals surface area contributed by atoms with Gasteiger partial charge in [0.2, 0.25) is 0 Å². The standard InChI is InChI=1S/C12H23O/c1-12(2,3)10-8-6-4-5-7-9-11-13/h4-10H2,1-3H3. The van der Waals surface area contributed by atoms with Gasteiger partial charge in [-0.1, -0.05) is 46.5 Å². The van der Waals surface area contributed by atoms with Crippen molar-refractivity contribution in [1.29, 1.82) is 0 Å². The molecule has 0 rings (SSSR count). The molecule has 1 nitrogen and oxygen atoms in total. The third-order valence-corrected chi connectivity index (χ3v) is 2.21. The second kappa shape index (κ2) is 7.11. The molecule has 0 aromatic carbocycles. The van der Waals surface area contributed by atoms with Crippen LogP contribution in [0.4, 0.5) is 0 Å². The van der Waals surface area contributed by atoms with Gasteiger partial charge in [0.25, 0.3) is 0 Å². The third-order valence-electron chi connectivity index (χ3n) is 2.21. The van der Waals surface area contributed by atoms with Gasteiger partial charge in [0.15, 0.2) is 6.29 Å². The van der Waals surface area contributed by atoms with Gasteiger partial charge < -0.3 is 0 Å². The molecule has 13 heavy (non-hydrogen) atoms. The Morgan fingerprint density at radius 2 is 1.46 bits per heavy atom. The average Bonchev–Trinajstić information content (AvgIpc) is 2.01. The fourth-order valence-corrected chi connectivity index (χ4v) is 1.38. The highest BCUT2D eigenvalue weighted by atomic mass is 16.1. The Morgan fingerprint density at radius 1 is 0.923 bits per heavy atom. The Labute approximate surface area is 82.9 Å². The number of unbranched alkanes of at least 4 members (excludes halogenated alkanes) is 5. The molecule has 0 heterocycles. The van der Waals surface area contributed by atoms with Crippen molar-refractivity contribution < 1.29 is 4.79 Å². The van der Waals surface area contributed by atoms with Crippen LogP contribution in [0, 0.1) is 5.41 Å². The molecule has 0 unspecified atom stereocenters. The monoisotopic (exact) mass is 183 g/mol. The van der Waals surface area contributed by atoms with E-state index in [-0.39, 0.29) is 0 Å². The van der Waals surface area contributed by atoms with Gasteiger partial charge in [-0.3, -0.25) is 4.79 Å². The number of carbonyl (C=O) groups excluding carboxylic acids is 1. The van der Waals surface area contributed by atoms with Crippen molar-refractivity contribution in [2.24, 2.45) is 5.41 Å². The quantitative estimate of drug-likeness (QED) is 0.547. The van der Waals surface area contributed by atoms with Gasteiger partial charge >= 0.3 is 0 Å². The van der Waals surface area contributed by atoms with Gasteiger partial charge in [0, 0.05) is 6.42 Å². The van der Waals surface area contributed by atoms with E-state index in [0.717, 1.165) is 6.42 Å². The Morgan fingerprint density at radius 3 is 2.00 bits per heavy atom. The highest BCUT2D eigenvalue weighted by Gasteiger charge is 2.08. The summed E-state index contributed by atoms with van der Waals surface area (Å²) in [5, 5.41) is 0. The SMILES string of the molecule is CC(C)(C)CCCCCCC[C]=O. The molecule has 0 fully saturated rings. The van der Waals surface area contributed by atoms with Crippen LogP contribution < -0.4 is 0 Å². The first-order valence-electron chi connectivity index (χ1n) is 5.41. The van der Waals surface area contributed by atoms with Gasteiger partial charge in [-0.2, -0.15) is 0 Å².